The molecule has 0 unspecified atom stereocenters. The first kappa shape index (κ1) is 14.8. The number of rotatable bonds is 2. The summed E-state index contributed by atoms with van der Waals surface area (Å²) in [7, 11) is 0. The van der Waals surface area contributed by atoms with Gasteiger partial charge in [0.15, 0.2) is 0 Å². The van der Waals surface area contributed by atoms with E-state index >= 15 is 0 Å². The van der Waals surface area contributed by atoms with E-state index in [1.807, 2.05) is 64.1 Å². The molecule has 1 aromatic carbocycles. The van der Waals surface area contributed by atoms with Gasteiger partial charge >= 0.3 is 5.97 Å². The minimum absolute atomic E-state index is 0.0601. The number of carbonyl (C=O) groups is 1. The topological polar surface area (TPSA) is 46.5 Å². The lowest BCUT2D eigenvalue weighted by Crippen LogP contribution is -2.41. The fourth-order valence-electron chi connectivity index (χ4n) is 2.65. The molecule has 1 N–H and O–H groups in total. The second-order valence-electron chi connectivity index (χ2n) is 6.42. The summed E-state index contributed by atoms with van der Waals surface area (Å²) in [6.07, 6.45) is 3.59. The smallest absolute Gasteiger partial charge is 0.313 e. The van der Waals surface area contributed by atoms with Crippen molar-refractivity contribution in [2.75, 3.05) is 0 Å². The molecule has 3 atom stereocenters. The molecule has 3 heteroatoms. The second kappa shape index (κ2) is 5.06. The standard InChI is InChI=1S/C17H22O3/c1-12-10-11-17(19,13-8-6-5-7-9-13)14(12)15(18)20-16(2,3)4/h5-12,14,19H,1-4H3/t12-,14-,17+/m1/s1. The van der Waals surface area contributed by atoms with Crippen LogP contribution in [-0.2, 0) is 15.1 Å². The zero-order valence-corrected chi connectivity index (χ0v) is 12.5. The molecule has 0 radical (unpaired) electrons. The molecule has 0 aromatic heterocycles. The van der Waals surface area contributed by atoms with Gasteiger partial charge in [0.2, 0.25) is 0 Å². The zero-order chi connectivity index (χ0) is 15.0. The third-order valence-corrected chi connectivity index (χ3v) is 3.55. The number of ether oxygens (including phenoxy) is 1. The molecule has 1 aromatic rings. The van der Waals surface area contributed by atoms with E-state index in [9.17, 15) is 9.90 Å². The summed E-state index contributed by atoms with van der Waals surface area (Å²) < 4.78 is 5.47. The number of hydrogen-bond acceptors (Lipinski definition) is 3. The van der Waals surface area contributed by atoms with Crippen LogP contribution in [0.2, 0.25) is 0 Å². The van der Waals surface area contributed by atoms with Crippen molar-refractivity contribution >= 4 is 5.97 Å². The molecule has 20 heavy (non-hydrogen) atoms. The van der Waals surface area contributed by atoms with E-state index in [0.717, 1.165) is 5.56 Å². The number of hydrogen-bond donors (Lipinski definition) is 1. The average molecular weight is 274 g/mol. The fraction of sp³-hybridized carbons (Fsp3) is 0.471. The van der Waals surface area contributed by atoms with Crippen LogP contribution in [0.5, 0.6) is 0 Å². The van der Waals surface area contributed by atoms with E-state index in [4.69, 9.17) is 4.74 Å². The van der Waals surface area contributed by atoms with Crippen LogP contribution in [0.3, 0.4) is 0 Å². The van der Waals surface area contributed by atoms with Crippen LogP contribution >= 0.6 is 0 Å². The Balaban J connectivity index is 2.33. The Bertz CT molecular complexity index is 513. The summed E-state index contributed by atoms with van der Waals surface area (Å²) in [6, 6.07) is 9.27. The second-order valence-corrected chi connectivity index (χ2v) is 6.42. The molecule has 2 rings (SSSR count). The van der Waals surface area contributed by atoms with Crippen molar-refractivity contribution in [3.8, 4) is 0 Å². The van der Waals surface area contributed by atoms with Gasteiger partial charge in [0.25, 0.3) is 0 Å². The molecular weight excluding hydrogens is 252 g/mol. The minimum atomic E-state index is -1.29. The van der Waals surface area contributed by atoms with Crippen LogP contribution in [0.15, 0.2) is 42.5 Å². The fourth-order valence-corrected chi connectivity index (χ4v) is 2.65. The van der Waals surface area contributed by atoms with Crippen LogP contribution < -0.4 is 0 Å². The predicted octanol–water partition coefficient (Wildman–Crippen LogP) is 3.04. The van der Waals surface area contributed by atoms with Gasteiger partial charge in [0.05, 0.1) is 5.92 Å². The molecule has 0 spiro atoms. The zero-order valence-electron chi connectivity index (χ0n) is 12.5. The minimum Gasteiger partial charge on any atom is -0.460 e. The Labute approximate surface area is 120 Å². The quantitative estimate of drug-likeness (QED) is 0.666. The Morgan fingerprint density at radius 3 is 2.40 bits per heavy atom. The third-order valence-electron chi connectivity index (χ3n) is 3.55. The lowest BCUT2D eigenvalue weighted by molar-refractivity contribution is -0.169. The van der Waals surface area contributed by atoms with Crippen molar-refractivity contribution in [3.63, 3.8) is 0 Å². The summed E-state index contributed by atoms with van der Waals surface area (Å²) in [5.74, 6) is -1.03. The van der Waals surface area contributed by atoms with E-state index in [0.29, 0.717) is 0 Å². The van der Waals surface area contributed by atoms with Crippen LogP contribution in [-0.4, -0.2) is 16.7 Å². The van der Waals surface area contributed by atoms with E-state index in [1.165, 1.54) is 0 Å². The summed E-state index contributed by atoms with van der Waals surface area (Å²) in [6.45, 7) is 7.42. The summed E-state index contributed by atoms with van der Waals surface area (Å²) in [5.41, 5.74) is -1.13. The number of esters is 1. The van der Waals surface area contributed by atoms with Crippen LogP contribution in [0.25, 0.3) is 0 Å². The van der Waals surface area contributed by atoms with Crippen molar-refractivity contribution in [1.29, 1.82) is 0 Å². The van der Waals surface area contributed by atoms with E-state index in [-0.39, 0.29) is 11.9 Å². The van der Waals surface area contributed by atoms with Gasteiger partial charge in [-0.25, -0.2) is 0 Å². The van der Waals surface area contributed by atoms with Crippen molar-refractivity contribution < 1.29 is 14.6 Å². The average Bonchev–Trinajstić information content (AvgIpc) is 2.65. The monoisotopic (exact) mass is 274 g/mol. The maximum Gasteiger partial charge on any atom is 0.313 e. The van der Waals surface area contributed by atoms with Gasteiger partial charge in [0.1, 0.15) is 11.2 Å². The van der Waals surface area contributed by atoms with Crippen molar-refractivity contribution in [2.45, 2.75) is 38.9 Å². The Kier molecular flexibility index (Phi) is 3.74. The molecule has 0 saturated carbocycles. The molecule has 0 amide bonds. The van der Waals surface area contributed by atoms with Gasteiger partial charge in [-0.2, -0.15) is 0 Å². The first-order valence-corrected chi connectivity index (χ1v) is 6.94. The summed E-state index contributed by atoms with van der Waals surface area (Å²) in [4.78, 5) is 12.4. The first-order valence-electron chi connectivity index (χ1n) is 6.94. The molecule has 3 nitrogen and oxygen atoms in total. The molecule has 1 aliphatic carbocycles. The lowest BCUT2D eigenvalue weighted by atomic mass is 9.80. The van der Waals surface area contributed by atoms with Crippen LogP contribution in [0.1, 0.15) is 33.3 Å². The Morgan fingerprint density at radius 1 is 1.25 bits per heavy atom. The predicted molar refractivity (Wildman–Crippen MR) is 78.0 cm³/mol. The normalized spacial score (nSPS) is 29.4. The molecule has 0 heterocycles. The van der Waals surface area contributed by atoms with Crippen LogP contribution in [0.4, 0.5) is 0 Å². The highest BCUT2D eigenvalue weighted by atomic mass is 16.6. The van der Waals surface area contributed by atoms with Gasteiger partial charge in [-0.05, 0) is 32.3 Å². The summed E-state index contributed by atoms with van der Waals surface area (Å²) in [5, 5.41) is 11.0. The maximum absolute atomic E-state index is 12.4. The van der Waals surface area contributed by atoms with Crippen molar-refractivity contribution in [2.24, 2.45) is 11.8 Å². The number of allylic oxidation sites excluding steroid dienone is 1. The van der Waals surface area contributed by atoms with Crippen molar-refractivity contribution in [1.82, 2.24) is 0 Å². The highest BCUT2D eigenvalue weighted by molar-refractivity contribution is 5.77. The molecule has 0 fully saturated rings. The van der Waals surface area contributed by atoms with E-state index in [1.54, 1.807) is 6.08 Å². The van der Waals surface area contributed by atoms with Gasteiger partial charge in [0, 0.05) is 0 Å². The number of aliphatic hydroxyl groups is 1. The highest BCUT2D eigenvalue weighted by Crippen LogP contribution is 2.43. The third kappa shape index (κ3) is 2.78. The molecule has 1 aliphatic rings. The lowest BCUT2D eigenvalue weighted by Gasteiger charge is -2.33. The highest BCUT2D eigenvalue weighted by Gasteiger charge is 2.48. The molecule has 0 aliphatic heterocycles. The largest absolute Gasteiger partial charge is 0.460 e. The van der Waals surface area contributed by atoms with Crippen molar-refractivity contribution in [3.05, 3.63) is 48.0 Å². The first-order chi connectivity index (χ1) is 9.24. The van der Waals surface area contributed by atoms with Gasteiger partial charge in [-0.1, -0.05) is 49.4 Å². The molecule has 108 valence electrons. The molecular formula is C17H22O3. The van der Waals surface area contributed by atoms with E-state index < -0.39 is 17.1 Å². The van der Waals surface area contributed by atoms with Crippen LogP contribution in [0, 0.1) is 11.8 Å². The number of benzene rings is 1. The molecule has 0 saturated heterocycles. The van der Waals surface area contributed by atoms with Gasteiger partial charge < -0.3 is 9.84 Å². The van der Waals surface area contributed by atoms with E-state index in [2.05, 4.69) is 0 Å². The SMILES string of the molecule is C[C@@H]1C=C[C@](O)(c2ccccc2)[C@H]1C(=O)OC(C)(C)C. The Morgan fingerprint density at radius 2 is 1.85 bits per heavy atom. The van der Waals surface area contributed by atoms with Gasteiger partial charge in [-0.15, -0.1) is 0 Å². The number of carbonyl (C=O) groups excluding carboxylic acids is 1. The Hall–Kier alpha value is -1.61. The van der Waals surface area contributed by atoms with Gasteiger partial charge in [-0.3, -0.25) is 4.79 Å². The molecule has 0 bridgehead atoms. The summed E-state index contributed by atoms with van der Waals surface area (Å²) >= 11 is 0. The maximum atomic E-state index is 12.4.